The van der Waals surface area contributed by atoms with Crippen molar-refractivity contribution >= 4 is 20.1 Å². The summed E-state index contributed by atoms with van der Waals surface area (Å²) in [4.78, 5) is 2.38. The van der Waals surface area contributed by atoms with Crippen molar-refractivity contribution in [2.45, 2.75) is 6.92 Å². The molecular weight excluding hydrogens is 380 g/mol. The Bertz CT molecular complexity index is 324. The van der Waals surface area contributed by atoms with Gasteiger partial charge in [-0.05, 0) is 11.4 Å². The molecule has 22 heavy (non-hydrogen) atoms. The molecule has 5 nitrogen and oxygen atoms in total. The monoisotopic (exact) mass is 396 g/mol. The van der Waals surface area contributed by atoms with Crippen LogP contribution in [0.4, 0.5) is 34.8 Å². The molecular formula is C7H16F8O5S2. The number of hydrogen-bond donors (Lipinski definition) is 0. The summed E-state index contributed by atoms with van der Waals surface area (Å²) < 4.78 is 119. The molecule has 0 fully saturated rings. The van der Waals surface area contributed by atoms with Crippen molar-refractivity contribution in [3.8, 4) is 0 Å². The van der Waals surface area contributed by atoms with Crippen LogP contribution in [0.1, 0.15) is 6.92 Å². The smallest absolute Gasteiger partial charge is 0.251 e. The van der Waals surface area contributed by atoms with E-state index in [4.69, 9.17) is 0 Å². The molecule has 0 aliphatic carbocycles. The van der Waals surface area contributed by atoms with Gasteiger partial charge in [0.2, 0.25) is 20.7 Å². The van der Waals surface area contributed by atoms with Crippen molar-refractivity contribution in [1.29, 1.82) is 0 Å². The first-order valence-corrected chi connectivity index (χ1v) is 8.17. The lowest BCUT2D eigenvalue weighted by Gasteiger charge is -1.88. The van der Waals surface area contributed by atoms with Gasteiger partial charge in [-0.25, -0.2) is 30.4 Å². The first kappa shape index (κ1) is 33.0. The Morgan fingerprint density at radius 2 is 1.05 bits per heavy atom. The SMILES string of the molecule is CCF.CS(=O)(=O)CS(=O)(=O)F.FCF.FCF.FCOF. The van der Waals surface area contributed by atoms with Gasteiger partial charge in [-0.15, -0.1) is 3.89 Å². The van der Waals surface area contributed by atoms with E-state index in [9.17, 15) is 51.6 Å². The van der Waals surface area contributed by atoms with Gasteiger partial charge in [-0.3, -0.25) is 4.39 Å². The van der Waals surface area contributed by atoms with Gasteiger partial charge >= 0.3 is 10.2 Å². The third-order valence-electron chi connectivity index (χ3n) is 0.396. The van der Waals surface area contributed by atoms with Gasteiger partial charge in [-0.1, -0.05) is 0 Å². The quantitative estimate of drug-likeness (QED) is 0.542. The second-order valence-corrected chi connectivity index (χ2v) is 6.14. The number of rotatable bonds is 3. The molecule has 0 atom stereocenters. The van der Waals surface area contributed by atoms with Crippen LogP contribution in [-0.4, -0.2) is 55.6 Å². The van der Waals surface area contributed by atoms with Crippen molar-refractivity contribution in [3.05, 3.63) is 0 Å². The molecule has 0 unspecified atom stereocenters. The van der Waals surface area contributed by atoms with Crippen molar-refractivity contribution in [2.75, 3.05) is 38.7 Å². The van der Waals surface area contributed by atoms with E-state index < -0.39 is 45.9 Å². The molecule has 0 saturated carbocycles. The van der Waals surface area contributed by atoms with E-state index in [1.165, 1.54) is 6.92 Å². The lowest BCUT2D eigenvalue weighted by Crippen LogP contribution is -2.09. The maximum Gasteiger partial charge on any atom is 0.316 e. The van der Waals surface area contributed by atoms with Gasteiger partial charge in [0.25, 0.3) is 0 Å². The highest BCUT2D eigenvalue weighted by molar-refractivity contribution is 8.05. The van der Waals surface area contributed by atoms with Crippen LogP contribution in [0, 0.1) is 0 Å². The Morgan fingerprint density at radius 1 is 0.864 bits per heavy atom. The molecule has 0 heterocycles. The molecule has 0 aromatic carbocycles. The molecule has 0 radical (unpaired) electrons. The molecule has 0 aromatic rings. The predicted octanol–water partition coefficient (Wildman–Crippen LogP) is 2.84. The molecule has 0 aliphatic heterocycles. The highest BCUT2D eigenvalue weighted by Crippen LogP contribution is 1.95. The van der Waals surface area contributed by atoms with Crippen LogP contribution in [0.15, 0.2) is 0 Å². The highest BCUT2D eigenvalue weighted by Gasteiger charge is 2.15. The summed E-state index contributed by atoms with van der Waals surface area (Å²) >= 11 is 0. The van der Waals surface area contributed by atoms with Crippen molar-refractivity contribution < 1.29 is 56.5 Å². The molecule has 0 amide bonds. The molecule has 0 bridgehead atoms. The van der Waals surface area contributed by atoms with Crippen LogP contribution in [0.25, 0.3) is 0 Å². The predicted molar refractivity (Wildman–Crippen MR) is 63.7 cm³/mol. The Balaban J connectivity index is -0.0000000622. The van der Waals surface area contributed by atoms with Crippen molar-refractivity contribution in [2.24, 2.45) is 0 Å². The second kappa shape index (κ2) is 25.3. The lowest BCUT2D eigenvalue weighted by atomic mass is 10.9. The van der Waals surface area contributed by atoms with E-state index in [2.05, 4.69) is 4.94 Å². The minimum atomic E-state index is -4.87. The number of hydrogen-bond acceptors (Lipinski definition) is 5. The lowest BCUT2D eigenvalue weighted by molar-refractivity contribution is -0.167. The molecule has 0 aromatic heterocycles. The third-order valence-corrected chi connectivity index (χ3v) is 3.23. The Hall–Kier alpha value is -0.700. The van der Waals surface area contributed by atoms with Crippen LogP contribution in [-0.2, 0) is 25.0 Å². The van der Waals surface area contributed by atoms with Crippen molar-refractivity contribution in [3.63, 3.8) is 0 Å². The normalized spacial score (nSPS) is 9.36. The molecule has 0 aliphatic rings. The van der Waals surface area contributed by atoms with Gasteiger partial charge < -0.3 is 0 Å². The summed E-state index contributed by atoms with van der Waals surface area (Å²) in [6.45, 7) is -3.64. The fourth-order valence-electron chi connectivity index (χ4n) is 0.256. The third kappa shape index (κ3) is 163. The van der Waals surface area contributed by atoms with E-state index in [1.54, 1.807) is 0 Å². The van der Waals surface area contributed by atoms with E-state index in [0.29, 0.717) is 6.26 Å². The highest BCUT2D eigenvalue weighted by atomic mass is 32.3. The first-order chi connectivity index (χ1) is 9.86. The summed E-state index contributed by atoms with van der Waals surface area (Å²) in [5.41, 5.74) is 0. The molecule has 0 spiro atoms. The summed E-state index contributed by atoms with van der Waals surface area (Å²) in [5.74, 6) is 0. The zero-order chi connectivity index (χ0) is 19.2. The molecule has 0 rings (SSSR count). The number of alkyl halides is 6. The summed E-state index contributed by atoms with van der Waals surface area (Å²) in [6.07, 6.45) is 0.643. The Labute approximate surface area is 123 Å². The standard InChI is InChI=1S/C2H5FO4S2.C2H5F.CH2F2O.2CH2F2/c1-8(4,5)2-9(3,6)7;1-2-3;2-1-4-3;2*2-1-3/h2H2,1H3;2H2,1H3;1H2;2*1H2. The van der Waals surface area contributed by atoms with Gasteiger partial charge in [0, 0.05) is 6.26 Å². The van der Waals surface area contributed by atoms with Gasteiger partial charge in [0.1, 0.15) is 0 Å². The van der Waals surface area contributed by atoms with Crippen LogP contribution < -0.4 is 0 Å². The maximum absolute atomic E-state index is 11.5. The van der Waals surface area contributed by atoms with Crippen LogP contribution in [0.2, 0.25) is 0 Å². The molecule has 15 heteroatoms. The van der Waals surface area contributed by atoms with Crippen LogP contribution >= 0.6 is 0 Å². The summed E-state index contributed by atoms with van der Waals surface area (Å²) in [6, 6.07) is 0. The maximum atomic E-state index is 11.5. The molecule has 142 valence electrons. The summed E-state index contributed by atoms with van der Waals surface area (Å²) in [5, 5.41) is -1.43. The average Bonchev–Trinajstić information content (AvgIpc) is 2.27. The van der Waals surface area contributed by atoms with E-state index in [0.717, 1.165) is 0 Å². The van der Waals surface area contributed by atoms with E-state index in [1.807, 2.05) is 0 Å². The van der Waals surface area contributed by atoms with Crippen molar-refractivity contribution in [1.82, 2.24) is 0 Å². The first-order valence-electron chi connectivity index (χ1n) is 4.56. The molecule has 0 saturated heterocycles. The largest absolute Gasteiger partial charge is 0.316 e. The topological polar surface area (TPSA) is 77.5 Å². The van der Waals surface area contributed by atoms with Crippen LogP contribution in [0.5, 0.6) is 0 Å². The molecule has 0 N–H and O–H groups in total. The fourth-order valence-corrected chi connectivity index (χ4v) is 2.30. The second-order valence-electron chi connectivity index (χ2n) is 2.27. The number of sulfone groups is 1. The minimum absolute atomic E-state index is 0.250. The van der Waals surface area contributed by atoms with Gasteiger partial charge in [-0.2, -0.15) is 13.4 Å². The average molecular weight is 396 g/mol. The zero-order valence-corrected chi connectivity index (χ0v) is 13.0. The Morgan fingerprint density at radius 3 is 1.05 bits per heavy atom. The number of halogens is 8. The fraction of sp³-hybridized carbons (Fsp3) is 1.00. The van der Waals surface area contributed by atoms with E-state index >= 15 is 0 Å². The zero-order valence-electron chi connectivity index (χ0n) is 11.4. The minimum Gasteiger partial charge on any atom is -0.251 e. The van der Waals surface area contributed by atoms with E-state index in [-0.39, 0.29) is 6.67 Å². The van der Waals surface area contributed by atoms with Gasteiger partial charge in [0.15, 0.2) is 14.9 Å². The van der Waals surface area contributed by atoms with Gasteiger partial charge in [0.05, 0.1) is 6.67 Å². The van der Waals surface area contributed by atoms with Crippen LogP contribution in [0.3, 0.4) is 0 Å². The Kier molecular flexibility index (Phi) is 37.9. The summed E-state index contributed by atoms with van der Waals surface area (Å²) in [7, 11) is -8.61.